The Hall–Kier alpha value is -4.25. The van der Waals surface area contributed by atoms with Crippen LogP contribution in [0, 0.1) is 10.1 Å². The molecule has 0 radical (unpaired) electrons. The van der Waals surface area contributed by atoms with E-state index in [1.807, 2.05) is 72.8 Å². The van der Waals surface area contributed by atoms with Crippen LogP contribution >= 0.6 is 0 Å². The number of carbonyl (C=O) groups is 1. The molecule has 0 heterocycles. The average molecular weight is 394 g/mol. The highest BCUT2D eigenvalue weighted by molar-refractivity contribution is 6.30. The van der Waals surface area contributed by atoms with Crippen molar-refractivity contribution in [3.63, 3.8) is 0 Å². The maximum Gasteiger partial charge on any atom is 0.270 e. The molecule has 0 aliphatic carbocycles. The second-order valence-electron chi connectivity index (χ2n) is 6.76. The third kappa shape index (κ3) is 4.10. The molecule has 0 spiro atoms. The Kier molecular flexibility index (Phi) is 5.35. The van der Waals surface area contributed by atoms with Gasteiger partial charge in [0.2, 0.25) is 0 Å². The average Bonchev–Trinajstić information content (AvgIpc) is 2.78. The maximum absolute atomic E-state index is 13.3. The lowest BCUT2D eigenvalue weighted by Gasteiger charge is -2.12. The lowest BCUT2D eigenvalue weighted by Crippen LogP contribution is -2.14. The molecule has 5 heteroatoms. The quantitative estimate of drug-likeness (QED) is 0.197. The molecule has 0 aliphatic rings. The van der Waals surface area contributed by atoms with Crippen LogP contribution < -0.4 is 5.32 Å². The topological polar surface area (TPSA) is 72.2 Å². The number of non-ortho nitro benzene ring substituents is 1. The monoisotopic (exact) mass is 394 g/mol. The van der Waals surface area contributed by atoms with E-state index in [0.717, 1.165) is 16.3 Å². The highest BCUT2D eigenvalue weighted by atomic mass is 16.6. The molecule has 0 fully saturated rings. The molecule has 0 atom stereocenters. The van der Waals surface area contributed by atoms with Gasteiger partial charge in [-0.1, -0.05) is 78.9 Å². The summed E-state index contributed by atoms with van der Waals surface area (Å²) in [5.74, 6) is -0.288. The second kappa shape index (κ2) is 8.41. The molecule has 0 aliphatic heterocycles. The minimum absolute atomic E-state index is 0.0226. The predicted molar refractivity (Wildman–Crippen MR) is 120 cm³/mol. The van der Waals surface area contributed by atoms with Crippen LogP contribution in [0.4, 0.5) is 11.4 Å². The number of benzene rings is 4. The van der Waals surface area contributed by atoms with Gasteiger partial charge in [-0.05, 0) is 28.7 Å². The van der Waals surface area contributed by atoms with Crippen molar-refractivity contribution in [2.45, 2.75) is 0 Å². The normalized spacial score (nSPS) is 11.3. The van der Waals surface area contributed by atoms with Gasteiger partial charge in [-0.25, -0.2) is 0 Å². The minimum atomic E-state index is -0.449. The van der Waals surface area contributed by atoms with Crippen LogP contribution in [0.15, 0.2) is 97.1 Å². The molecule has 5 nitrogen and oxygen atoms in total. The SMILES string of the molecule is O=C(Nc1cccc2ccccc12)/C(=C/c1cccc([N+](=O)[O-])c1)c1ccccc1. The molecule has 146 valence electrons. The number of anilines is 1. The maximum atomic E-state index is 13.3. The number of hydrogen-bond acceptors (Lipinski definition) is 3. The summed E-state index contributed by atoms with van der Waals surface area (Å²) in [6.45, 7) is 0. The Morgan fingerprint density at radius 1 is 0.833 bits per heavy atom. The Morgan fingerprint density at radius 2 is 1.53 bits per heavy atom. The molecular weight excluding hydrogens is 376 g/mol. The molecule has 30 heavy (non-hydrogen) atoms. The fourth-order valence-corrected chi connectivity index (χ4v) is 3.32. The van der Waals surface area contributed by atoms with E-state index in [9.17, 15) is 14.9 Å². The van der Waals surface area contributed by atoms with Gasteiger partial charge in [-0.2, -0.15) is 0 Å². The van der Waals surface area contributed by atoms with Gasteiger partial charge in [0.05, 0.1) is 4.92 Å². The molecule has 0 unspecified atom stereocenters. The van der Waals surface area contributed by atoms with Gasteiger partial charge >= 0.3 is 0 Å². The first kappa shape index (κ1) is 19.1. The first-order valence-corrected chi connectivity index (χ1v) is 9.42. The number of amides is 1. The second-order valence-corrected chi connectivity index (χ2v) is 6.76. The zero-order valence-electron chi connectivity index (χ0n) is 16.0. The molecular formula is C25H18N2O3. The van der Waals surface area contributed by atoms with Crippen molar-refractivity contribution in [2.24, 2.45) is 0 Å². The Labute approximate surface area is 173 Å². The summed E-state index contributed by atoms with van der Waals surface area (Å²) in [7, 11) is 0. The van der Waals surface area contributed by atoms with Gasteiger partial charge in [0, 0.05) is 28.8 Å². The van der Waals surface area contributed by atoms with E-state index in [1.165, 1.54) is 12.1 Å². The zero-order valence-corrected chi connectivity index (χ0v) is 16.0. The van der Waals surface area contributed by atoms with Crippen molar-refractivity contribution in [1.82, 2.24) is 0 Å². The predicted octanol–water partition coefficient (Wildman–Crippen LogP) is 5.93. The van der Waals surface area contributed by atoms with Crippen molar-refractivity contribution in [3.8, 4) is 0 Å². The van der Waals surface area contributed by atoms with Crippen LogP contribution in [0.2, 0.25) is 0 Å². The molecule has 4 rings (SSSR count). The lowest BCUT2D eigenvalue weighted by molar-refractivity contribution is -0.384. The standard InChI is InChI=1S/C25H18N2O3/c28-25(26-24-15-7-12-19-11-4-5-14-22(19)24)23(20-9-2-1-3-10-20)17-18-8-6-13-21(16-18)27(29)30/h1-17H,(H,26,28)/b23-17+. The van der Waals surface area contributed by atoms with E-state index < -0.39 is 4.92 Å². The molecule has 1 N–H and O–H groups in total. The fourth-order valence-electron chi connectivity index (χ4n) is 3.32. The fraction of sp³-hybridized carbons (Fsp3) is 0. The smallest absolute Gasteiger partial charge is 0.270 e. The molecule has 0 aromatic heterocycles. The van der Waals surface area contributed by atoms with Gasteiger partial charge in [0.25, 0.3) is 11.6 Å². The van der Waals surface area contributed by atoms with Crippen LogP contribution in [0.25, 0.3) is 22.4 Å². The highest BCUT2D eigenvalue weighted by Crippen LogP contribution is 2.26. The number of nitrogens with zero attached hydrogens (tertiary/aromatic N) is 1. The van der Waals surface area contributed by atoms with Crippen LogP contribution in [-0.2, 0) is 4.79 Å². The van der Waals surface area contributed by atoms with E-state index >= 15 is 0 Å². The third-order valence-electron chi connectivity index (χ3n) is 4.76. The molecule has 1 amide bonds. The molecule has 0 saturated heterocycles. The highest BCUT2D eigenvalue weighted by Gasteiger charge is 2.14. The van der Waals surface area contributed by atoms with Gasteiger partial charge in [-0.3, -0.25) is 14.9 Å². The van der Waals surface area contributed by atoms with Crippen molar-refractivity contribution in [2.75, 3.05) is 5.32 Å². The number of fused-ring (bicyclic) bond motifs is 1. The van der Waals surface area contributed by atoms with E-state index in [1.54, 1.807) is 18.2 Å². The third-order valence-corrected chi connectivity index (χ3v) is 4.76. The van der Waals surface area contributed by atoms with E-state index in [0.29, 0.717) is 16.8 Å². The number of rotatable bonds is 5. The van der Waals surface area contributed by atoms with Crippen LogP contribution in [0.1, 0.15) is 11.1 Å². The summed E-state index contributed by atoms with van der Waals surface area (Å²) in [4.78, 5) is 23.9. The summed E-state index contributed by atoms with van der Waals surface area (Å²) in [6, 6.07) is 29.0. The summed E-state index contributed by atoms with van der Waals surface area (Å²) < 4.78 is 0. The number of nitro groups is 1. The lowest BCUT2D eigenvalue weighted by atomic mass is 10.0. The molecule has 0 bridgehead atoms. The first-order valence-electron chi connectivity index (χ1n) is 9.42. The molecule has 0 saturated carbocycles. The van der Waals surface area contributed by atoms with E-state index in [-0.39, 0.29) is 11.6 Å². The Bertz CT molecular complexity index is 1260. The van der Waals surface area contributed by atoms with Gasteiger partial charge in [-0.15, -0.1) is 0 Å². The Balaban J connectivity index is 1.76. The summed E-state index contributed by atoms with van der Waals surface area (Å²) in [5.41, 5.74) is 2.41. The molecule has 4 aromatic carbocycles. The van der Waals surface area contributed by atoms with Gasteiger partial charge in [0.15, 0.2) is 0 Å². The van der Waals surface area contributed by atoms with Crippen LogP contribution in [-0.4, -0.2) is 10.8 Å². The van der Waals surface area contributed by atoms with Crippen LogP contribution in [0.3, 0.4) is 0 Å². The van der Waals surface area contributed by atoms with Crippen molar-refractivity contribution in [3.05, 3.63) is 118 Å². The number of hydrogen-bond donors (Lipinski definition) is 1. The van der Waals surface area contributed by atoms with Gasteiger partial charge < -0.3 is 5.32 Å². The number of carbonyl (C=O) groups excluding carboxylic acids is 1. The Morgan fingerprint density at radius 3 is 2.33 bits per heavy atom. The van der Waals surface area contributed by atoms with Crippen molar-refractivity contribution in [1.29, 1.82) is 0 Å². The number of nitrogens with one attached hydrogen (secondary N) is 1. The largest absolute Gasteiger partial charge is 0.321 e. The van der Waals surface area contributed by atoms with Crippen molar-refractivity contribution >= 4 is 39.7 Å². The van der Waals surface area contributed by atoms with Gasteiger partial charge in [0.1, 0.15) is 0 Å². The summed E-state index contributed by atoms with van der Waals surface area (Å²) >= 11 is 0. The first-order chi connectivity index (χ1) is 14.6. The van der Waals surface area contributed by atoms with E-state index in [2.05, 4.69) is 5.32 Å². The summed E-state index contributed by atoms with van der Waals surface area (Å²) in [5, 5.41) is 16.1. The van der Waals surface area contributed by atoms with E-state index in [4.69, 9.17) is 0 Å². The molecule has 4 aromatic rings. The summed E-state index contributed by atoms with van der Waals surface area (Å²) in [6.07, 6.45) is 1.67. The number of nitro benzene ring substituents is 1. The van der Waals surface area contributed by atoms with Crippen LogP contribution in [0.5, 0.6) is 0 Å². The zero-order chi connectivity index (χ0) is 20.9. The van der Waals surface area contributed by atoms with Crippen molar-refractivity contribution < 1.29 is 9.72 Å². The minimum Gasteiger partial charge on any atom is -0.321 e.